The summed E-state index contributed by atoms with van der Waals surface area (Å²) in [6.07, 6.45) is 2.15. The molecule has 0 atom stereocenters. The molecule has 0 saturated carbocycles. The first kappa shape index (κ1) is 15.9. The summed E-state index contributed by atoms with van der Waals surface area (Å²) < 4.78 is 33.2. The number of nitrogen functional groups attached to an aromatic ring is 1. The lowest BCUT2D eigenvalue weighted by atomic mass is 9.90. The first-order valence-electron chi connectivity index (χ1n) is 5.96. The van der Waals surface area contributed by atoms with Gasteiger partial charge < -0.3 is 10.5 Å². The fourth-order valence-corrected chi connectivity index (χ4v) is 2.87. The second kappa shape index (κ2) is 5.89. The zero-order valence-corrected chi connectivity index (χ0v) is 12.6. The molecule has 3 N–H and O–H groups in total. The number of ether oxygens (including phenoxy) is 1. The lowest BCUT2D eigenvalue weighted by Gasteiger charge is -2.24. The van der Waals surface area contributed by atoms with Crippen LogP contribution in [0.3, 0.4) is 0 Å². The van der Waals surface area contributed by atoms with Gasteiger partial charge in [0.25, 0.3) is 0 Å². The molecule has 1 rings (SSSR count). The van der Waals surface area contributed by atoms with E-state index in [1.807, 2.05) is 13.8 Å². The largest absolute Gasteiger partial charge is 0.385 e. The Morgan fingerprint density at radius 2 is 2.16 bits per heavy atom. The Morgan fingerprint density at radius 1 is 1.53 bits per heavy atom. The lowest BCUT2D eigenvalue weighted by molar-refractivity contribution is 0.153. The van der Waals surface area contributed by atoms with Gasteiger partial charge in [-0.1, -0.05) is 13.8 Å². The van der Waals surface area contributed by atoms with Crippen molar-refractivity contribution < 1.29 is 13.2 Å². The quantitative estimate of drug-likeness (QED) is 0.754. The number of hydrogen-bond donors (Lipinski definition) is 2. The van der Waals surface area contributed by atoms with Crippen molar-refractivity contribution in [2.45, 2.75) is 25.2 Å². The molecule has 1 aromatic heterocycles. The van der Waals surface area contributed by atoms with Crippen molar-refractivity contribution in [2.75, 3.05) is 26.0 Å². The molecule has 0 aliphatic heterocycles. The maximum absolute atomic E-state index is 12.1. The van der Waals surface area contributed by atoms with Crippen LogP contribution in [0.1, 0.15) is 20.3 Å². The summed E-state index contributed by atoms with van der Waals surface area (Å²) in [4.78, 5) is 0.0116. The van der Waals surface area contributed by atoms with E-state index in [1.54, 1.807) is 14.2 Å². The average molecular weight is 290 g/mol. The monoisotopic (exact) mass is 290 g/mol. The minimum atomic E-state index is -3.63. The highest BCUT2D eigenvalue weighted by Gasteiger charge is 2.25. The van der Waals surface area contributed by atoms with E-state index < -0.39 is 10.0 Å². The molecule has 1 aromatic rings. The number of hydrogen-bond acceptors (Lipinski definition) is 5. The number of nitrogens with zero attached hydrogens (tertiary/aromatic N) is 2. The summed E-state index contributed by atoms with van der Waals surface area (Å²) >= 11 is 0. The number of nitrogens with one attached hydrogen (secondary N) is 1. The predicted octanol–water partition coefficient (Wildman–Crippen LogP) is 0.343. The number of aromatic nitrogens is 2. The summed E-state index contributed by atoms with van der Waals surface area (Å²) in [5.74, 6) is 0.00435. The SMILES string of the molecule is COCCC(C)(C)CNS(=O)(=O)c1cn(C)nc1N. The zero-order valence-electron chi connectivity index (χ0n) is 11.8. The van der Waals surface area contributed by atoms with Crippen LogP contribution in [0.25, 0.3) is 0 Å². The van der Waals surface area contributed by atoms with Gasteiger partial charge in [0.15, 0.2) is 5.82 Å². The molecule has 0 unspecified atom stereocenters. The molecular formula is C11H22N4O3S. The van der Waals surface area contributed by atoms with Crippen LogP contribution < -0.4 is 10.5 Å². The van der Waals surface area contributed by atoms with Crippen molar-refractivity contribution in [2.24, 2.45) is 12.5 Å². The Bertz CT molecular complexity index is 522. The van der Waals surface area contributed by atoms with Crippen molar-refractivity contribution in [1.82, 2.24) is 14.5 Å². The van der Waals surface area contributed by atoms with Gasteiger partial charge in [0, 0.05) is 33.5 Å². The van der Waals surface area contributed by atoms with E-state index in [9.17, 15) is 8.42 Å². The second-order valence-electron chi connectivity index (χ2n) is 5.28. The van der Waals surface area contributed by atoms with Gasteiger partial charge in [-0.3, -0.25) is 4.68 Å². The summed E-state index contributed by atoms with van der Waals surface area (Å²) in [5.41, 5.74) is 5.38. The smallest absolute Gasteiger partial charge is 0.245 e. The number of methoxy groups -OCH3 is 1. The van der Waals surface area contributed by atoms with Crippen LogP contribution >= 0.6 is 0 Å². The van der Waals surface area contributed by atoms with E-state index >= 15 is 0 Å². The normalized spacial score (nSPS) is 12.8. The van der Waals surface area contributed by atoms with Crippen molar-refractivity contribution in [3.8, 4) is 0 Å². The highest BCUT2D eigenvalue weighted by atomic mass is 32.2. The van der Waals surface area contributed by atoms with Crippen LogP contribution in [0.15, 0.2) is 11.1 Å². The van der Waals surface area contributed by atoms with E-state index in [-0.39, 0.29) is 16.1 Å². The van der Waals surface area contributed by atoms with Crippen molar-refractivity contribution in [3.05, 3.63) is 6.20 Å². The highest BCUT2D eigenvalue weighted by Crippen LogP contribution is 2.21. The third-order valence-electron chi connectivity index (χ3n) is 2.84. The number of rotatable bonds is 7. The second-order valence-corrected chi connectivity index (χ2v) is 7.02. The third-order valence-corrected chi connectivity index (χ3v) is 4.25. The van der Waals surface area contributed by atoms with E-state index in [1.165, 1.54) is 10.9 Å². The highest BCUT2D eigenvalue weighted by molar-refractivity contribution is 7.89. The van der Waals surface area contributed by atoms with Crippen molar-refractivity contribution in [1.29, 1.82) is 0 Å². The summed E-state index contributed by atoms with van der Waals surface area (Å²) in [6, 6.07) is 0. The fourth-order valence-electron chi connectivity index (χ4n) is 1.53. The van der Waals surface area contributed by atoms with E-state index in [2.05, 4.69) is 9.82 Å². The molecule has 0 aliphatic carbocycles. The van der Waals surface area contributed by atoms with Crippen LogP contribution in [-0.2, 0) is 21.8 Å². The molecule has 0 aromatic carbocycles. The lowest BCUT2D eigenvalue weighted by Crippen LogP contribution is -2.34. The van der Waals surface area contributed by atoms with Gasteiger partial charge in [0.2, 0.25) is 10.0 Å². The summed E-state index contributed by atoms with van der Waals surface area (Å²) in [7, 11) is -0.383. The van der Waals surface area contributed by atoms with Gasteiger partial charge in [-0.2, -0.15) is 5.10 Å². The van der Waals surface area contributed by atoms with Crippen LogP contribution in [-0.4, -0.2) is 38.5 Å². The molecule has 19 heavy (non-hydrogen) atoms. The minimum Gasteiger partial charge on any atom is -0.385 e. The molecule has 0 bridgehead atoms. The molecule has 0 saturated heterocycles. The van der Waals surface area contributed by atoms with E-state index in [0.29, 0.717) is 13.2 Å². The Labute approximate surface area is 114 Å². The maximum atomic E-state index is 12.1. The van der Waals surface area contributed by atoms with Gasteiger partial charge in [-0.25, -0.2) is 13.1 Å². The maximum Gasteiger partial charge on any atom is 0.245 e. The Kier molecular flexibility index (Phi) is 4.94. The Hall–Kier alpha value is -1.12. The number of sulfonamides is 1. The molecular weight excluding hydrogens is 268 g/mol. The Morgan fingerprint density at radius 3 is 2.63 bits per heavy atom. The number of aryl methyl sites for hydroxylation is 1. The molecule has 0 spiro atoms. The van der Waals surface area contributed by atoms with Gasteiger partial charge in [0.05, 0.1) is 0 Å². The van der Waals surface area contributed by atoms with E-state index in [4.69, 9.17) is 10.5 Å². The minimum absolute atomic E-state index is 0.00435. The van der Waals surface area contributed by atoms with Crippen LogP contribution in [0, 0.1) is 5.41 Å². The first-order valence-corrected chi connectivity index (χ1v) is 7.44. The van der Waals surface area contributed by atoms with Gasteiger partial charge in [0.1, 0.15) is 4.90 Å². The number of anilines is 1. The van der Waals surface area contributed by atoms with Crippen LogP contribution in [0.5, 0.6) is 0 Å². The molecule has 0 aliphatic rings. The predicted molar refractivity (Wildman–Crippen MR) is 73.1 cm³/mol. The topological polar surface area (TPSA) is 99.2 Å². The van der Waals surface area contributed by atoms with E-state index in [0.717, 1.165) is 6.42 Å². The standard InChI is InChI=1S/C11H22N4O3S/c1-11(2,5-6-18-4)8-13-19(16,17)9-7-15(3)14-10(9)12/h7,13H,5-6,8H2,1-4H3,(H2,12,14). The summed E-state index contributed by atoms with van der Waals surface area (Å²) in [5, 5.41) is 3.83. The van der Waals surface area contributed by atoms with Crippen LogP contribution in [0.4, 0.5) is 5.82 Å². The Balaban J connectivity index is 2.73. The average Bonchev–Trinajstić information content (AvgIpc) is 2.65. The molecule has 0 radical (unpaired) electrons. The van der Waals surface area contributed by atoms with Gasteiger partial charge >= 0.3 is 0 Å². The molecule has 1 heterocycles. The molecule has 110 valence electrons. The fraction of sp³-hybridized carbons (Fsp3) is 0.727. The number of nitrogens with two attached hydrogens (primary N) is 1. The molecule has 7 nitrogen and oxygen atoms in total. The van der Waals surface area contributed by atoms with Gasteiger partial charge in [-0.15, -0.1) is 0 Å². The summed E-state index contributed by atoms with van der Waals surface area (Å²) in [6.45, 7) is 4.85. The zero-order chi connectivity index (χ0) is 14.7. The third kappa shape index (κ3) is 4.48. The molecule has 8 heteroatoms. The molecule has 0 amide bonds. The first-order chi connectivity index (χ1) is 8.68. The van der Waals surface area contributed by atoms with Crippen molar-refractivity contribution >= 4 is 15.8 Å². The van der Waals surface area contributed by atoms with Crippen molar-refractivity contribution in [3.63, 3.8) is 0 Å². The van der Waals surface area contributed by atoms with Gasteiger partial charge in [-0.05, 0) is 11.8 Å². The molecule has 0 fully saturated rings. The van der Waals surface area contributed by atoms with Crippen LogP contribution in [0.2, 0.25) is 0 Å².